The van der Waals surface area contributed by atoms with Crippen LogP contribution in [0.3, 0.4) is 0 Å². The van der Waals surface area contributed by atoms with E-state index in [1.165, 1.54) is 0 Å². The topological polar surface area (TPSA) is 79.5 Å². The largest absolute Gasteiger partial charge is 0.480 e. The van der Waals surface area contributed by atoms with Crippen molar-refractivity contribution >= 4 is 5.97 Å². The third-order valence-electron chi connectivity index (χ3n) is 2.02. The van der Waals surface area contributed by atoms with Gasteiger partial charge in [0.15, 0.2) is 0 Å². The summed E-state index contributed by atoms with van der Waals surface area (Å²) in [6.07, 6.45) is 0.900. The highest BCUT2D eigenvalue weighted by molar-refractivity contribution is 5.69. The van der Waals surface area contributed by atoms with Crippen LogP contribution in [0.4, 0.5) is 0 Å². The fraction of sp³-hybridized carbons (Fsp3) is 0.667. The van der Waals surface area contributed by atoms with Crippen molar-refractivity contribution in [2.24, 2.45) is 0 Å². The first kappa shape index (κ1) is 11.6. The molecule has 0 aliphatic rings. The molecule has 1 heterocycles. The summed E-state index contributed by atoms with van der Waals surface area (Å²) >= 11 is 0. The van der Waals surface area contributed by atoms with E-state index in [1.54, 1.807) is 11.8 Å². The average molecular weight is 213 g/mol. The van der Waals surface area contributed by atoms with Gasteiger partial charge in [0.05, 0.1) is 6.54 Å². The molecule has 1 aromatic rings. The third kappa shape index (κ3) is 3.67. The number of carbonyl (C=O) groups is 1. The van der Waals surface area contributed by atoms with E-state index in [9.17, 15) is 4.79 Å². The number of aromatic nitrogens is 2. The second kappa shape index (κ2) is 5.45. The van der Waals surface area contributed by atoms with E-state index < -0.39 is 5.97 Å². The number of carboxylic acid groups (broad SMARTS) is 1. The lowest BCUT2D eigenvalue weighted by Crippen LogP contribution is -2.30. The Morgan fingerprint density at radius 3 is 2.73 bits per heavy atom. The summed E-state index contributed by atoms with van der Waals surface area (Å²) in [5, 5.41) is 16.1. The van der Waals surface area contributed by atoms with Gasteiger partial charge >= 0.3 is 5.97 Å². The minimum atomic E-state index is -0.836. The molecule has 0 spiro atoms. The maximum Gasteiger partial charge on any atom is 0.317 e. The van der Waals surface area contributed by atoms with Crippen molar-refractivity contribution in [3.8, 4) is 0 Å². The second-order valence-corrected chi connectivity index (χ2v) is 3.40. The smallest absolute Gasteiger partial charge is 0.317 e. The van der Waals surface area contributed by atoms with E-state index in [4.69, 9.17) is 5.11 Å². The Morgan fingerprint density at radius 1 is 1.53 bits per heavy atom. The minimum absolute atomic E-state index is 0.0140. The van der Waals surface area contributed by atoms with Crippen LogP contribution < -0.4 is 0 Å². The molecule has 1 rings (SSSR count). The molecule has 6 nitrogen and oxygen atoms in total. The average Bonchev–Trinajstić information content (AvgIpc) is 2.51. The maximum atomic E-state index is 10.6. The molecular weight excluding hydrogens is 198 g/mol. The fourth-order valence-corrected chi connectivity index (χ4v) is 1.33. The highest BCUT2D eigenvalue weighted by Crippen LogP contribution is 2.05. The number of carboxylic acids is 1. The van der Waals surface area contributed by atoms with Crippen LogP contribution in [0, 0.1) is 6.92 Å². The van der Waals surface area contributed by atoms with Crippen LogP contribution in [-0.2, 0) is 11.3 Å². The van der Waals surface area contributed by atoms with Crippen molar-refractivity contribution < 1.29 is 14.5 Å². The van der Waals surface area contributed by atoms with Crippen molar-refractivity contribution in [1.29, 1.82) is 0 Å². The molecule has 0 saturated carbocycles. The van der Waals surface area contributed by atoms with E-state index in [0.29, 0.717) is 17.9 Å². The predicted molar refractivity (Wildman–Crippen MR) is 52.2 cm³/mol. The standard InChI is InChI=1S/C9H15N3O3/c1-3-4-12(6-9(13)14)5-8-7(2)10-15-11-8/h3-6H2,1-2H3,(H,13,14). The highest BCUT2D eigenvalue weighted by atomic mass is 16.6. The molecule has 0 fully saturated rings. The Labute approximate surface area is 87.8 Å². The number of hydrogen-bond acceptors (Lipinski definition) is 5. The van der Waals surface area contributed by atoms with Crippen molar-refractivity contribution in [2.45, 2.75) is 26.8 Å². The molecule has 0 aliphatic carbocycles. The Morgan fingerprint density at radius 2 is 2.27 bits per heavy atom. The molecule has 1 aromatic heterocycles. The second-order valence-electron chi connectivity index (χ2n) is 3.40. The highest BCUT2D eigenvalue weighted by Gasteiger charge is 2.13. The molecule has 0 aliphatic heterocycles. The lowest BCUT2D eigenvalue weighted by molar-refractivity contribution is -0.138. The van der Waals surface area contributed by atoms with E-state index in [0.717, 1.165) is 13.0 Å². The monoisotopic (exact) mass is 213 g/mol. The summed E-state index contributed by atoms with van der Waals surface area (Å²) in [4.78, 5) is 12.4. The zero-order valence-corrected chi connectivity index (χ0v) is 8.93. The first-order chi connectivity index (χ1) is 7.13. The minimum Gasteiger partial charge on any atom is -0.480 e. The van der Waals surface area contributed by atoms with Crippen molar-refractivity contribution in [3.05, 3.63) is 11.4 Å². The van der Waals surface area contributed by atoms with Gasteiger partial charge in [-0.25, -0.2) is 4.63 Å². The third-order valence-corrected chi connectivity index (χ3v) is 2.02. The fourth-order valence-electron chi connectivity index (χ4n) is 1.33. The van der Waals surface area contributed by atoms with E-state index >= 15 is 0 Å². The van der Waals surface area contributed by atoms with Gasteiger partial charge < -0.3 is 5.11 Å². The normalized spacial score (nSPS) is 10.9. The van der Waals surface area contributed by atoms with Crippen LogP contribution in [0.15, 0.2) is 4.63 Å². The molecule has 0 bridgehead atoms. The van der Waals surface area contributed by atoms with Gasteiger partial charge in [-0.2, -0.15) is 0 Å². The Hall–Kier alpha value is -1.43. The molecule has 6 heteroatoms. The quantitative estimate of drug-likeness (QED) is 0.748. The van der Waals surface area contributed by atoms with Crippen LogP contribution in [0.5, 0.6) is 0 Å². The maximum absolute atomic E-state index is 10.6. The molecule has 0 saturated heterocycles. The van der Waals surface area contributed by atoms with Gasteiger partial charge in [0.25, 0.3) is 0 Å². The Kier molecular flexibility index (Phi) is 4.23. The zero-order chi connectivity index (χ0) is 11.3. The SMILES string of the molecule is CCCN(CC(=O)O)Cc1nonc1C. The van der Waals surface area contributed by atoms with Crippen LogP contribution >= 0.6 is 0 Å². The summed E-state index contributed by atoms with van der Waals surface area (Å²) in [5.74, 6) is -0.836. The van der Waals surface area contributed by atoms with Gasteiger partial charge in [-0.05, 0) is 19.9 Å². The predicted octanol–water partition coefficient (Wildman–Crippen LogP) is 0.675. The van der Waals surface area contributed by atoms with Gasteiger partial charge in [-0.15, -0.1) is 0 Å². The molecule has 0 amide bonds. The Bertz CT molecular complexity index is 324. The van der Waals surface area contributed by atoms with Gasteiger partial charge in [0.1, 0.15) is 11.4 Å². The van der Waals surface area contributed by atoms with Gasteiger partial charge in [0.2, 0.25) is 0 Å². The summed E-state index contributed by atoms with van der Waals surface area (Å²) in [6.45, 7) is 4.99. The Balaban J connectivity index is 2.58. The van der Waals surface area contributed by atoms with E-state index in [1.807, 2.05) is 6.92 Å². The van der Waals surface area contributed by atoms with Crippen LogP contribution in [0.2, 0.25) is 0 Å². The number of rotatable bonds is 6. The molecule has 15 heavy (non-hydrogen) atoms. The molecule has 1 N–H and O–H groups in total. The number of aryl methyl sites for hydroxylation is 1. The lowest BCUT2D eigenvalue weighted by atomic mass is 10.3. The first-order valence-electron chi connectivity index (χ1n) is 4.85. The zero-order valence-electron chi connectivity index (χ0n) is 8.93. The number of hydrogen-bond donors (Lipinski definition) is 1. The van der Waals surface area contributed by atoms with Gasteiger partial charge in [-0.3, -0.25) is 9.69 Å². The van der Waals surface area contributed by atoms with Gasteiger partial charge in [-0.1, -0.05) is 17.2 Å². The van der Waals surface area contributed by atoms with Crippen molar-refractivity contribution in [3.63, 3.8) is 0 Å². The van der Waals surface area contributed by atoms with E-state index in [-0.39, 0.29) is 6.54 Å². The van der Waals surface area contributed by atoms with Gasteiger partial charge in [0, 0.05) is 6.54 Å². The molecule has 0 aromatic carbocycles. The van der Waals surface area contributed by atoms with Crippen molar-refractivity contribution in [2.75, 3.05) is 13.1 Å². The molecular formula is C9H15N3O3. The molecule has 0 atom stereocenters. The summed E-state index contributed by atoms with van der Waals surface area (Å²) in [7, 11) is 0. The van der Waals surface area contributed by atoms with E-state index in [2.05, 4.69) is 14.9 Å². The summed E-state index contributed by atoms with van der Waals surface area (Å²) in [5.41, 5.74) is 1.41. The first-order valence-corrected chi connectivity index (χ1v) is 4.85. The number of nitrogens with zero attached hydrogens (tertiary/aromatic N) is 3. The number of aliphatic carboxylic acids is 1. The molecule has 0 unspecified atom stereocenters. The summed E-state index contributed by atoms with van der Waals surface area (Å²) in [6, 6.07) is 0. The van der Waals surface area contributed by atoms with Crippen LogP contribution in [-0.4, -0.2) is 39.4 Å². The van der Waals surface area contributed by atoms with Crippen molar-refractivity contribution in [1.82, 2.24) is 15.2 Å². The van der Waals surface area contributed by atoms with Crippen LogP contribution in [0.1, 0.15) is 24.7 Å². The summed E-state index contributed by atoms with van der Waals surface area (Å²) < 4.78 is 4.56. The molecule has 0 radical (unpaired) electrons. The molecule has 84 valence electrons. The van der Waals surface area contributed by atoms with Crippen LogP contribution in [0.25, 0.3) is 0 Å². The lowest BCUT2D eigenvalue weighted by Gasteiger charge is -2.17.